The Morgan fingerprint density at radius 2 is 2.14 bits per heavy atom. The Morgan fingerprint density at radius 1 is 1.31 bits per heavy atom. The summed E-state index contributed by atoms with van der Waals surface area (Å²) >= 11 is 3.10. The predicted octanol–water partition coefficient (Wildman–Crippen LogP) is 3.07. The topological polar surface area (TPSA) is 84.1 Å². The lowest BCUT2D eigenvalue weighted by molar-refractivity contribution is -0.118. The number of amides is 1. The molecular formula is C21H23N3O3S2. The number of rotatable bonds is 8. The van der Waals surface area contributed by atoms with Crippen LogP contribution in [0, 0.1) is 0 Å². The average molecular weight is 430 g/mol. The van der Waals surface area contributed by atoms with E-state index in [-0.39, 0.29) is 11.5 Å². The van der Waals surface area contributed by atoms with Crippen molar-refractivity contribution in [1.29, 1.82) is 0 Å². The molecule has 4 rings (SSSR count). The summed E-state index contributed by atoms with van der Waals surface area (Å²) < 4.78 is 5.14. The molecule has 29 heavy (non-hydrogen) atoms. The number of carbonyl (C=O) groups is 1. The first-order chi connectivity index (χ1) is 14.1. The van der Waals surface area contributed by atoms with Crippen LogP contribution in [0.1, 0.15) is 28.2 Å². The Labute approximate surface area is 177 Å². The van der Waals surface area contributed by atoms with Gasteiger partial charge in [-0.15, -0.1) is 23.1 Å². The van der Waals surface area contributed by atoms with Crippen LogP contribution in [0.3, 0.4) is 0 Å². The van der Waals surface area contributed by atoms with Gasteiger partial charge >= 0.3 is 0 Å². The van der Waals surface area contributed by atoms with E-state index in [9.17, 15) is 9.59 Å². The number of nitrogens with zero attached hydrogens (tertiary/aromatic N) is 1. The van der Waals surface area contributed by atoms with Crippen molar-refractivity contribution in [2.24, 2.45) is 0 Å². The van der Waals surface area contributed by atoms with Crippen molar-refractivity contribution >= 4 is 39.2 Å². The van der Waals surface area contributed by atoms with Gasteiger partial charge in [-0.2, -0.15) is 0 Å². The van der Waals surface area contributed by atoms with E-state index in [2.05, 4.69) is 15.3 Å². The highest BCUT2D eigenvalue weighted by atomic mass is 32.2. The Balaban J connectivity index is 1.24. The van der Waals surface area contributed by atoms with Crippen LogP contribution in [0.2, 0.25) is 0 Å². The monoisotopic (exact) mass is 429 g/mol. The quantitative estimate of drug-likeness (QED) is 0.575. The summed E-state index contributed by atoms with van der Waals surface area (Å²) in [5.74, 6) is 2.30. The number of ether oxygens (including phenoxy) is 1. The minimum atomic E-state index is -0.0473. The van der Waals surface area contributed by atoms with E-state index in [1.54, 1.807) is 18.4 Å². The molecule has 0 atom stereocenters. The molecule has 8 heteroatoms. The number of aromatic amines is 1. The van der Waals surface area contributed by atoms with Crippen molar-refractivity contribution in [3.05, 3.63) is 56.4 Å². The van der Waals surface area contributed by atoms with Crippen molar-refractivity contribution in [2.45, 2.75) is 31.4 Å². The number of H-pyrrole nitrogens is 1. The minimum absolute atomic E-state index is 0.0120. The van der Waals surface area contributed by atoms with E-state index in [1.807, 2.05) is 24.3 Å². The number of hydrogen-bond donors (Lipinski definition) is 2. The molecule has 1 aliphatic carbocycles. The molecule has 152 valence electrons. The zero-order valence-electron chi connectivity index (χ0n) is 16.2. The fraction of sp³-hybridized carbons (Fsp3) is 0.381. The molecule has 0 aliphatic heterocycles. The van der Waals surface area contributed by atoms with Crippen molar-refractivity contribution < 1.29 is 9.53 Å². The number of aryl methyl sites for hydroxylation is 2. The van der Waals surface area contributed by atoms with Gasteiger partial charge in [0, 0.05) is 11.4 Å². The molecule has 0 spiro atoms. The molecule has 0 bridgehead atoms. The average Bonchev–Trinajstić information content (AvgIpc) is 3.29. The van der Waals surface area contributed by atoms with E-state index in [0.717, 1.165) is 47.2 Å². The summed E-state index contributed by atoms with van der Waals surface area (Å²) in [6.45, 7) is 0.591. The molecule has 1 amide bonds. The molecule has 0 radical (unpaired) electrons. The van der Waals surface area contributed by atoms with Crippen LogP contribution in [-0.4, -0.2) is 35.3 Å². The van der Waals surface area contributed by atoms with Gasteiger partial charge in [-0.25, -0.2) is 4.98 Å². The maximum Gasteiger partial charge on any atom is 0.259 e. The SMILES string of the molecule is COc1ccc(CCNC(=O)CSCc2nc3sc4c(c3c(=O)[nH]2)CCC4)cc1. The van der Waals surface area contributed by atoms with Gasteiger partial charge in [-0.05, 0) is 48.9 Å². The van der Waals surface area contributed by atoms with Gasteiger partial charge < -0.3 is 15.0 Å². The third-order valence-corrected chi connectivity index (χ3v) is 7.12. The fourth-order valence-electron chi connectivity index (χ4n) is 3.55. The summed E-state index contributed by atoms with van der Waals surface area (Å²) in [5, 5.41) is 3.70. The number of methoxy groups -OCH3 is 1. The van der Waals surface area contributed by atoms with Gasteiger partial charge in [-0.1, -0.05) is 12.1 Å². The maximum absolute atomic E-state index is 12.4. The lowest BCUT2D eigenvalue weighted by Gasteiger charge is -2.06. The number of aromatic nitrogens is 2. The number of nitrogens with one attached hydrogen (secondary N) is 2. The van der Waals surface area contributed by atoms with Crippen LogP contribution in [0.4, 0.5) is 0 Å². The molecule has 1 aromatic carbocycles. The second-order valence-electron chi connectivity index (χ2n) is 6.99. The number of carbonyl (C=O) groups excluding carboxylic acids is 1. The largest absolute Gasteiger partial charge is 0.497 e. The van der Waals surface area contributed by atoms with Crippen LogP contribution in [0.5, 0.6) is 5.75 Å². The standard InChI is InChI=1S/C21H23N3O3S2/c1-27-14-7-5-13(6-8-14)9-10-22-18(25)12-28-11-17-23-20(26)19-15-3-2-4-16(15)29-21(19)24-17/h5-8H,2-4,9-12H2,1H3,(H,22,25)(H,23,24,26). The van der Waals surface area contributed by atoms with Crippen molar-refractivity contribution in [3.8, 4) is 5.75 Å². The maximum atomic E-state index is 12.4. The molecular weight excluding hydrogens is 406 g/mol. The van der Waals surface area contributed by atoms with Crippen LogP contribution >= 0.6 is 23.1 Å². The minimum Gasteiger partial charge on any atom is -0.497 e. The highest BCUT2D eigenvalue weighted by molar-refractivity contribution is 7.99. The normalized spacial score (nSPS) is 12.9. The molecule has 6 nitrogen and oxygen atoms in total. The summed E-state index contributed by atoms with van der Waals surface area (Å²) in [5.41, 5.74) is 2.29. The van der Waals surface area contributed by atoms with Gasteiger partial charge in [0.05, 0.1) is 24.0 Å². The number of thioether (sulfide) groups is 1. The van der Waals surface area contributed by atoms with Crippen molar-refractivity contribution in [2.75, 3.05) is 19.4 Å². The lowest BCUT2D eigenvalue weighted by Crippen LogP contribution is -2.27. The van der Waals surface area contributed by atoms with E-state index in [4.69, 9.17) is 4.74 Å². The van der Waals surface area contributed by atoms with Gasteiger partial charge in [0.15, 0.2) is 0 Å². The summed E-state index contributed by atoms with van der Waals surface area (Å²) in [4.78, 5) is 34.1. The van der Waals surface area contributed by atoms with Gasteiger partial charge in [-0.3, -0.25) is 9.59 Å². The van der Waals surface area contributed by atoms with Crippen LogP contribution in [0.15, 0.2) is 29.1 Å². The molecule has 3 aromatic rings. The molecule has 1 aliphatic rings. The third-order valence-electron chi connectivity index (χ3n) is 4.99. The lowest BCUT2D eigenvalue weighted by atomic mass is 10.1. The summed E-state index contributed by atoms with van der Waals surface area (Å²) in [6, 6.07) is 7.83. The molecule has 0 unspecified atom stereocenters. The van der Waals surface area contributed by atoms with Crippen molar-refractivity contribution in [3.63, 3.8) is 0 Å². The van der Waals surface area contributed by atoms with E-state index in [0.29, 0.717) is 23.9 Å². The Bertz CT molecular complexity index is 1070. The zero-order chi connectivity index (χ0) is 20.2. The third kappa shape index (κ3) is 4.64. The molecule has 2 N–H and O–H groups in total. The Morgan fingerprint density at radius 3 is 2.93 bits per heavy atom. The highest BCUT2D eigenvalue weighted by Gasteiger charge is 2.21. The second-order valence-corrected chi connectivity index (χ2v) is 9.06. The zero-order valence-corrected chi connectivity index (χ0v) is 17.9. The van der Waals surface area contributed by atoms with Crippen LogP contribution < -0.4 is 15.6 Å². The highest BCUT2D eigenvalue weighted by Crippen LogP contribution is 2.34. The first kappa shape index (κ1) is 20.0. The number of thiophene rings is 1. The molecule has 2 aromatic heterocycles. The Kier molecular flexibility index (Phi) is 6.20. The Hall–Kier alpha value is -2.32. The second kappa shape index (κ2) is 9.00. The predicted molar refractivity (Wildman–Crippen MR) is 118 cm³/mol. The van der Waals surface area contributed by atoms with Gasteiger partial charge in [0.2, 0.25) is 5.91 Å². The molecule has 0 saturated heterocycles. The molecule has 2 heterocycles. The van der Waals surface area contributed by atoms with Gasteiger partial charge in [0.25, 0.3) is 5.56 Å². The summed E-state index contributed by atoms with van der Waals surface area (Å²) in [6.07, 6.45) is 3.93. The molecule has 0 saturated carbocycles. The molecule has 0 fully saturated rings. The van der Waals surface area contributed by atoms with Crippen LogP contribution in [0.25, 0.3) is 10.2 Å². The number of benzene rings is 1. The smallest absolute Gasteiger partial charge is 0.259 e. The van der Waals surface area contributed by atoms with E-state index in [1.165, 1.54) is 22.2 Å². The van der Waals surface area contributed by atoms with Crippen LogP contribution in [-0.2, 0) is 29.8 Å². The number of fused-ring (bicyclic) bond motifs is 3. The first-order valence-electron chi connectivity index (χ1n) is 9.65. The van der Waals surface area contributed by atoms with Gasteiger partial charge in [0.1, 0.15) is 16.4 Å². The van der Waals surface area contributed by atoms with E-state index >= 15 is 0 Å². The van der Waals surface area contributed by atoms with Crippen molar-refractivity contribution in [1.82, 2.24) is 15.3 Å². The van der Waals surface area contributed by atoms with E-state index < -0.39 is 0 Å². The fourth-order valence-corrected chi connectivity index (χ4v) is 5.55. The summed E-state index contributed by atoms with van der Waals surface area (Å²) in [7, 11) is 1.64. The first-order valence-corrected chi connectivity index (χ1v) is 11.6. The number of hydrogen-bond acceptors (Lipinski definition) is 6.